The van der Waals surface area contributed by atoms with Gasteiger partial charge < -0.3 is 9.79 Å². The molecule has 0 radical (unpaired) electrons. The molecule has 0 fully saturated rings. The molecule has 0 bridgehead atoms. The molecule has 0 spiro atoms. The molecule has 0 rings (SSSR count). The number of sulfonamides is 1. The minimum absolute atomic E-state index is 1.75. The van der Waals surface area contributed by atoms with E-state index in [1.54, 1.807) is 4.15 Å². The predicted octanol–water partition coefficient (Wildman–Crippen LogP) is 0.697. The smallest absolute Gasteiger partial charge is 0.331 e. The van der Waals surface area contributed by atoms with Gasteiger partial charge in [0.2, 0.25) is 0 Å². The van der Waals surface area contributed by atoms with Crippen LogP contribution in [0.4, 0.5) is 13.2 Å². The fourth-order valence-electron chi connectivity index (χ4n) is 0.191. The first-order chi connectivity index (χ1) is 4.96. The molecule has 0 aromatic heterocycles. The van der Waals surface area contributed by atoms with Crippen molar-refractivity contribution in [3.05, 3.63) is 0 Å². The van der Waals surface area contributed by atoms with Crippen molar-refractivity contribution in [3.8, 4) is 0 Å². The Bertz CT molecular complexity index is 303. The second-order valence-corrected chi connectivity index (χ2v) is 6.29. The van der Waals surface area contributed by atoms with E-state index in [1.165, 1.54) is 0 Å². The highest BCUT2D eigenvalue weighted by Gasteiger charge is 2.47. The van der Waals surface area contributed by atoms with Crippen molar-refractivity contribution < 1.29 is 31.4 Å². The molecule has 11 heteroatoms. The average Bonchev–Trinajstić information content (AvgIpc) is 1.52. The summed E-state index contributed by atoms with van der Waals surface area (Å²) in [5.74, 6) is 0. The lowest BCUT2D eigenvalue weighted by molar-refractivity contribution is -0.0435. The lowest BCUT2D eigenvalue weighted by Crippen LogP contribution is -2.20. The lowest BCUT2D eigenvalue weighted by Gasteiger charge is -2.05. The van der Waals surface area contributed by atoms with Crippen LogP contribution in [-0.2, 0) is 10.0 Å². The fourth-order valence-corrected chi connectivity index (χ4v) is 2.58. The van der Waals surface area contributed by atoms with Crippen LogP contribution in [0.5, 0.6) is 0 Å². The molecular weight excluding hydrogens is 242 g/mol. The summed E-state index contributed by atoms with van der Waals surface area (Å²) >= 11 is 2.76. The van der Waals surface area contributed by atoms with Gasteiger partial charge in [0.25, 0.3) is 6.71 Å². The normalized spacial score (nSPS) is 14.5. The summed E-state index contributed by atoms with van der Waals surface area (Å²) in [4.78, 5) is 16.4. The average molecular weight is 245 g/mol. The topological polar surface area (TPSA) is 87.0 Å². The summed E-state index contributed by atoms with van der Waals surface area (Å²) in [5.41, 5.74) is -5.63. The van der Waals surface area contributed by atoms with E-state index in [9.17, 15) is 21.6 Å². The number of hydrogen-bond acceptors (Lipinski definition) is 2. The van der Waals surface area contributed by atoms with Crippen LogP contribution < -0.4 is 0 Å². The van der Waals surface area contributed by atoms with Gasteiger partial charge in [0.15, 0.2) is 0 Å². The first kappa shape index (κ1) is 12.2. The summed E-state index contributed by atoms with van der Waals surface area (Å²) in [7, 11) is -5.86. The van der Waals surface area contributed by atoms with Crippen LogP contribution in [0.2, 0.25) is 0 Å². The van der Waals surface area contributed by atoms with Crippen molar-refractivity contribution in [2.24, 2.45) is 4.15 Å². The van der Waals surface area contributed by atoms with E-state index in [-0.39, 0.29) is 0 Å². The van der Waals surface area contributed by atoms with Crippen molar-refractivity contribution in [2.45, 2.75) is 5.51 Å². The molecule has 0 atom stereocenters. The highest BCUT2D eigenvalue weighted by Crippen LogP contribution is 2.47. The van der Waals surface area contributed by atoms with Gasteiger partial charge in [0.05, 0.1) is 0 Å². The van der Waals surface area contributed by atoms with Gasteiger partial charge >= 0.3 is 15.5 Å². The van der Waals surface area contributed by atoms with Crippen LogP contribution in [0.15, 0.2) is 4.15 Å². The molecule has 0 amide bonds. The van der Waals surface area contributed by atoms with Crippen LogP contribution in [-0.4, -0.2) is 23.7 Å². The summed E-state index contributed by atoms with van der Waals surface area (Å²) < 4.78 is 56.1. The zero-order valence-electron chi connectivity index (χ0n) is 5.09. The van der Waals surface area contributed by atoms with Gasteiger partial charge in [-0.15, -0.1) is 4.15 Å². The van der Waals surface area contributed by atoms with Crippen LogP contribution in [0.3, 0.4) is 0 Å². The quantitative estimate of drug-likeness (QED) is 0.468. The third-order valence-corrected chi connectivity index (χ3v) is 3.49. The summed E-state index contributed by atoms with van der Waals surface area (Å²) in [5, 5.41) is 0. The molecule has 0 aromatic carbocycles. The van der Waals surface area contributed by atoms with Gasteiger partial charge in [0, 0.05) is 0 Å². The highest BCUT2D eigenvalue weighted by atomic mass is 32.7. The predicted molar refractivity (Wildman–Crippen MR) is 37.7 cm³/mol. The number of alkyl halides is 3. The van der Waals surface area contributed by atoms with Crippen LogP contribution in [0.25, 0.3) is 0 Å². The Morgan fingerprint density at radius 3 is 1.75 bits per heavy atom. The Balaban J connectivity index is 5.23. The molecule has 0 heterocycles. The molecule has 0 unspecified atom stereocenters. The van der Waals surface area contributed by atoms with E-state index >= 15 is 0 Å². The standard InChI is InChI=1S/CH3F3NO4PS2/c2-1(3,4)12(8,9)5-10(6,7)11/h6-7,11H. The Morgan fingerprint density at radius 2 is 1.67 bits per heavy atom. The van der Waals surface area contributed by atoms with Gasteiger partial charge in [0.1, 0.15) is 0 Å². The second-order valence-electron chi connectivity index (χ2n) is 1.54. The third kappa shape index (κ3) is 3.76. The Hall–Kier alpha value is 0.240. The van der Waals surface area contributed by atoms with E-state index in [1.807, 2.05) is 0 Å². The van der Waals surface area contributed by atoms with Crippen LogP contribution >= 0.6 is 19.0 Å². The highest BCUT2D eigenvalue weighted by molar-refractivity contribution is 8.45. The molecule has 0 saturated heterocycles. The monoisotopic (exact) mass is 245 g/mol. The number of nitrogens with zero attached hydrogens (tertiary/aromatic N) is 1. The first-order valence-corrected chi connectivity index (χ1v) is 6.33. The van der Waals surface area contributed by atoms with Crippen molar-refractivity contribution in [1.82, 2.24) is 0 Å². The largest absolute Gasteiger partial charge is 0.518 e. The molecule has 12 heavy (non-hydrogen) atoms. The number of thiol groups is 1. The van der Waals surface area contributed by atoms with E-state index in [0.717, 1.165) is 0 Å². The zero-order chi connectivity index (χ0) is 10.2. The molecule has 0 aliphatic heterocycles. The molecular formula is CH3F3NO4PS2. The molecule has 74 valence electrons. The maximum atomic E-state index is 11.4. The fraction of sp³-hybridized carbons (Fsp3) is 1.00. The number of rotatable bonds is 1. The van der Waals surface area contributed by atoms with Crippen LogP contribution in [0, 0.1) is 0 Å². The summed E-state index contributed by atoms with van der Waals surface area (Å²) in [6.07, 6.45) is 0. The minimum Gasteiger partial charge on any atom is -0.331 e. The molecule has 0 aliphatic rings. The van der Waals surface area contributed by atoms with Gasteiger partial charge in [-0.3, -0.25) is 0 Å². The minimum atomic E-state index is -5.86. The molecule has 0 aliphatic carbocycles. The van der Waals surface area contributed by atoms with Gasteiger partial charge in [-0.05, 0) is 0 Å². The molecule has 0 saturated carbocycles. The SMILES string of the molecule is O=S(=O)(N=P(O)(O)S)C(F)(F)F. The van der Waals surface area contributed by atoms with Gasteiger partial charge in [-0.2, -0.15) is 21.6 Å². The maximum Gasteiger partial charge on any atom is 0.518 e. The van der Waals surface area contributed by atoms with Crippen molar-refractivity contribution >= 4 is 29.0 Å². The van der Waals surface area contributed by atoms with Crippen molar-refractivity contribution in [1.29, 1.82) is 0 Å². The molecule has 2 N–H and O–H groups in total. The summed E-state index contributed by atoms with van der Waals surface area (Å²) in [6, 6.07) is 0. The van der Waals surface area contributed by atoms with E-state index in [0.29, 0.717) is 0 Å². The Kier molecular flexibility index (Phi) is 3.25. The first-order valence-electron chi connectivity index (χ1n) is 2.09. The molecule has 0 aromatic rings. The maximum absolute atomic E-state index is 11.4. The van der Waals surface area contributed by atoms with Gasteiger partial charge in [-0.1, -0.05) is 12.2 Å². The Labute approximate surface area is 70.7 Å². The van der Waals surface area contributed by atoms with E-state index < -0.39 is 22.2 Å². The molecule has 5 nitrogen and oxygen atoms in total. The second kappa shape index (κ2) is 3.18. The number of halogens is 3. The van der Waals surface area contributed by atoms with Crippen molar-refractivity contribution in [3.63, 3.8) is 0 Å². The lowest BCUT2D eigenvalue weighted by atomic mass is 11.6. The van der Waals surface area contributed by atoms with Crippen molar-refractivity contribution in [2.75, 3.05) is 0 Å². The van der Waals surface area contributed by atoms with Gasteiger partial charge in [-0.25, -0.2) is 0 Å². The van der Waals surface area contributed by atoms with E-state index in [4.69, 9.17) is 9.79 Å². The third-order valence-electron chi connectivity index (χ3n) is 0.510. The Morgan fingerprint density at radius 1 is 1.33 bits per heavy atom. The van der Waals surface area contributed by atoms with E-state index in [2.05, 4.69) is 12.2 Å². The summed E-state index contributed by atoms with van der Waals surface area (Å²) in [6.45, 7) is -4.62. The number of hydrogen-bond donors (Lipinski definition) is 3. The zero-order valence-corrected chi connectivity index (χ0v) is 7.70. The van der Waals surface area contributed by atoms with Crippen LogP contribution in [0.1, 0.15) is 0 Å².